The fourth-order valence-electron chi connectivity index (χ4n) is 1.59. The van der Waals surface area contributed by atoms with E-state index >= 15 is 0 Å². The lowest BCUT2D eigenvalue weighted by molar-refractivity contribution is -0.154. The third kappa shape index (κ3) is 3.46. The van der Waals surface area contributed by atoms with Crippen molar-refractivity contribution < 1.29 is 9.53 Å². The van der Waals surface area contributed by atoms with E-state index in [1.807, 2.05) is 0 Å². The summed E-state index contributed by atoms with van der Waals surface area (Å²) < 4.78 is 6.70. The summed E-state index contributed by atoms with van der Waals surface area (Å²) in [5, 5.41) is 0. The van der Waals surface area contributed by atoms with Crippen molar-refractivity contribution in [2.24, 2.45) is 0 Å². The van der Waals surface area contributed by atoms with E-state index < -0.39 is 0 Å². The van der Waals surface area contributed by atoms with Crippen LogP contribution in [-0.2, 0) is 9.53 Å². The number of nitrogens with zero attached hydrogens (tertiary/aromatic N) is 1. The Morgan fingerprint density at radius 1 is 1.43 bits per heavy atom. The van der Waals surface area contributed by atoms with Crippen LogP contribution in [0.3, 0.4) is 0 Å². The lowest BCUT2D eigenvalue weighted by Crippen LogP contribution is -2.34. The van der Waals surface area contributed by atoms with E-state index in [4.69, 9.17) is 16.5 Å². The molecule has 0 radical (unpaired) electrons. The van der Waals surface area contributed by atoms with Gasteiger partial charge in [0.15, 0.2) is 0 Å². The van der Waals surface area contributed by atoms with Gasteiger partial charge in [0, 0.05) is 7.05 Å². The van der Waals surface area contributed by atoms with Gasteiger partial charge in [0.05, 0.1) is 0 Å². The SMILES string of the molecule is C[C@@H](C(=O)OC1CCCCC1)N(C)Cl. The van der Waals surface area contributed by atoms with Gasteiger partial charge in [0.25, 0.3) is 0 Å². The lowest BCUT2D eigenvalue weighted by atomic mass is 9.98. The van der Waals surface area contributed by atoms with Crippen LogP contribution < -0.4 is 0 Å². The van der Waals surface area contributed by atoms with E-state index in [1.165, 1.54) is 23.7 Å². The molecule has 1 saturated carbocycles. The molecule has 0 spiro atoms. The van der Waals surface area contributed by atoms with Gasteiger partial charge in [0.2, 0.25) is 0 Å². The number of carbonyl (C=O) groups is 1. The van der Waals surface area contributed by atoms with Crippen LogP contribution in [0.2, 0.25) is 0 Å². The lowest BCUT2D eigenvalue weighted by Gasteiger charge is -2.24. The molecule has 1 aliphatic rings. The Morgan fingerprint density at radius 3 is 2.50 bits per heavy atom. The number of hydrogen-bond acceptors (Lipinski definition) is 3. The Balaban J connectivity index is 2.31. The minimum absolute atomic E-state index is 0.121. The quantitative estimate of drug-likeness (QED) is 0.539. The molecule has 1 atom stereocenters. The van der Waals surface area contributed by atoms with Crippen molar-refractivity contribution in [1.82, 2.24) is 4.42 Å². The number of ether oxygens (including phenoxy) is 1. The van der Waals surface area contributed by atoms with Crippen LogP contribution in [-0.4, -0.2) is 29.6 Å². The molecule has 1 rings (SSSR count). The van der Waals surface area contributed by atoms with E-state index in [2.05, 4.69) is 0 Å². The molecule has 0 amide bonds. The third-order valence-corrected chi connectivity index (χ3v) is 3.00. The van der Waals surface area contributed by atoms with Crippen molar-refractivity contribution in [3.63, 3.8) is 0 Å². The highest BCUT2D eigenvalue weighted by atomic mass is 35.5. The van der Waals surface area contributed by atoms with Crippen molar-refractivity contribution in [1.29, 1.82) is 0 Å². The summed E-state index contributed by atoms with van der Waals surface area (Å²) in [6.45, 7) is 1.75. The van der Waals surface area contributed by atoms with Crippen molar-refractivity contribution in [2.75, 3.05) is 7.05 Å². The van der Waals surface area contributed by atoms with E-state index in [0.29, 0.717) is 0 Å². The highest BCUT2D eigenvalue weighted by molar-refractivity contribution is 6.14. The van der Waals surface area contributed by atoms with Crippen molar-refractivity contribution in [2.45, 2.75) is 51.2 Å². The van der Waals surface area contributed by atoms with E-state index in [1.54, 1.807) is 14.0 Å². The van der Waals surface area contributed by atoms with Gasteiger partial charge >= 0.3 is 5.97 Å². The van der Waals surface area contributed by atoms with Gasteiger partial charge in [-0.2, -0.15) is 0 Å². The zero-order valence-corrected chi connectivity index (χ0v) is 9.59. The molecule has 3 nitrogen and oxygen atoms in total. The topological polar surface area (TPSA) is 29.5 Å². The molecule has 1 fully saturated rings. The maximum Gasteiger partial charge on any atom is 0.324 e. The standard InChI is InChI=1S/C10H18ClNO2/c1-8(12(2)11)10(13)14-9-6-4-3-5-7-9/h8-9H,3-7H2,1-2H3/t8-/m0/s1. The first-order chi connectivity index (χ1) is 6.61. The predicted octanol–water partition coefficient (Wildman–Crippen LogP) is 2.34. The Labute approximate surface area is 90.5 Å². The molecular weight excluding hydrogens is 202 g/mol. The summed E-state index contributed by atoms with van der Waals surface area (Å²) in [7, 11) is 1.66. The van der Waals surface area contributed by atoms with E-state index in [-0.39, 0.29) is 18.1 Å². The monoisotopic (exact) mass is 219 g/mol. The number of likely N-dealkylation sites (N-methyl/N-ethyl adjacent to an activating group) is 1. The Morgan fingerprint density at radius 2 is 2.00 bits per heavy atom. The van der Waals surface area contributed by atoms with Crippen LogP contribution in [0.5, 0.6) is 0 Å². The van der Waals surface area contributed by atoms with Crippen LogP contribution in [0.15, 0.2) is 0 Å². The Hall–Kier alpha value is -0.280. The molecule has 0 aromatic carbocycles. The molecule has 82 valence electrons. The normalized spacial score (nSPS) is 20.9. The van der Waals surface area contributed by atoms with Crippen molar-refractivity contribution >= 4 is 17.7 Å². The molecule has 0 N–H and O–H groups in total. The molecule has 14 heavy (non-hydrogen) atoms. The van der Waals surface area contributed by atoms with Crippen LogP contribution in [0.1, 0.15) is 39.0 Å². The largest absolute Gasteiger partial charge is 0.461 e. The number of carbonyl (C=O) groups excluding carboxylic acids is 1. The second-order valence-corrected chi connectivity index (χ2v) is 4.43. The summed E-state index contributed by atoms with van der Waals surface area (Å²) in [5.41, 5.74) is 0. The summed E-state index contributed by atoms with van der Waals surface area (Å²) in [4.78, 5) is 11.5. The molecule has 1 aliphatic carbocycles. The van der Waals surface area contributed by atoms with Gasteiger partial charge in [-0.3, -0.25) is 4.79 Å². The highest BCUT2D eigenvalue weighted by Gasteiger charge is 2.23. The number of halogens is 1. The third-order valence-electron chi connectivity index (χ3n) is 2.71. The number of hydrogen-bond donors (Lipinski definition) is 0. The summed E-state index contributed by atoms with van der Waals surface area (Å²) in [6.07, 6.45) is 5.73. The second-order valence-electron chi connectivity index (χ2n) is 3.90. The molecule has 4 heteroatoms. The van der Waals surface area contributed by atoms with Crippen LogP contribution in [0.25, 0.3) is 0 Å². The molecule has 0 aromatic heterocycles. The molecule has 0 aromatic rings. The first-order valence-electron chi connectivity index (χ1n) is 5.20. The van der Waals surface area contributed by atoms with Crippen molar-refractivity contribution in [3.05, 3.63) is 0 Å². The van der Waals surface area contributed by atoms with Gasteiger partial charge in [0.1, 0.15) is 12.1 Å². The number of rotatable bonds is 3. The van der Waals surface area contributed by atoms with Crippen LogP contribution in [0, 0.1) is 0 Å². The van der Waals surface area contributed by atoms with Gasteiger partial charge in [-0.25, -0.2) is 4.42 Å². The Kier molecular flexibility index (Phi) is 4.69. The van der Waals surface area contributed by atoms with Gasteiger partial charge in [-0.05, 0) is 44.4 Å². The summed E-state index contributed by atoms with van der Waals surface area (Å²) >= 11 is 5.67. The molecular formula is C10H18ClNO2. The molecule has 0 unspecified atom stereocenters. The van der Waals surface area contributed by atoms with Crippen molar-refractivity contribution in [3.8, 4) is 0 Å². The average molecular weight is 220 g/mol. The zero-order chi connectivity index (χ0) is 10.6. The van der Waals surface area contributed by atoms with Crippen LogP contribution in [0.4, 0.5) is 0 Å². The summed E-state index contributed by atoms with van der Waals surface area (Å²) in [5.74, 6) is -0.214. The first-order valence-corrected chi connectivity index (χ1v) is 5.54. The average Bonchev–Trinajstić information content (AvgIpc) is 2.18. The molecule has 0 saturated heterocycles. The molecule has 0 aliphatic heterocycles. The molecule has 0 heterocycles. The fourth-order valence-corrected chi connectivity index (χ4v) is 1.67. The van der Waals surface area contributed by atoms with Gasteiger partial charge in [-0.15, -0.1) is 0 Å². The van der Waals surface area contributed by atoms with E-state index in [9.17, 15) is 4.79 Å². The van der Waals surface area contributed by atoms with Gasteiger partial charge in [-0.1, -0.05) is 6.42 Å². The fraction of sp³-hybridized carbons (Fsp3) is 0.900. The molecule has 0 bridgehead atoms. The second kappa shape index (κ2) is 5.56. The maximum absolute atomic E-state index is 11.5. The predicted molar refractivity (Wildman–Crippen MR) is 56.0 cm³/mol. The first kappa shape index (κ1) is 11.8. The minimum atomic E-state index is -0.362. The van der Waals surface area contributed by atoms with Crippen LogP contribution >= 0.6 is 11.8 Å². The zero-order valence-electron chi connectivity index (χ0n) is 8.83. The maximum atomic E-state index is 11.5. The Bertz CT molecular complexity index is 191. The smallest absolute Gasteiger partial charge is 0.324 e. The van der Waals surface area contributed by atoms with E-state index in [0.717, 1.165) is 12.8 Å². The minimum Gasteiger partial charge on any atom is -0.461 e. The summed E-state index contributed by atoms with van der Waals surface area (Å²) in [6, 6.07) is -0.362. The number of esters is 1. The highest BCUT2D eigenvalue weighted by Crippen LogP contribution is 2.21. The van der Waals surface area contributed by atoms with Gasteiger partial charge < -0.3 is 4.74 Å².